The summed E-state index contributed by atoms with van der Waals surface area (Å²) in [5.74, 6) is 0.498. The lowest BCUT2D eigenvalue weighted by Crippen LogP contribution is -2.15. The molecule has 24 heteroatoms. The molecular formula is C114H178O24. The maximum atomic E-state index is 11.6. The van der Waals surface area contributed by atoms with Crippen molar-refractivity contribution < 1.29 is 114 Å². The zero-order chi connectivity index (χ0) is 104. The Morgan fingerprint density at radius 1 is 0.275 bits per heavy atom. The Hall–Kier alpha value is -11.2. The summed E-state index contributed by atoms with van der Waals surface area (Å²) >= 11 is 0. The highest BCUT2D eigenvalue weighted by Gasteiger charge is 2.14. The molecule has 0 rings (SSSR count). The third kappa shape index (κ3) is 114. The van der Waals surface area contributed by atoms with Crippen molar-refractivity contribution in [1.82, 2.24) is 0 Å². The first-order valence-corrected chi connectivity index (χ1v) is 49.8. The second-order valence-corrected chi connectivity index (χ2v) is 32.4. The summed E-state index contributed by atoms with van der Waals surface area (Å²) in [6, 6.07) is 0. The number of allylic oxidation sites excluding steroid dienone is 18. The summed E-state index contributed by atoms with van der Waals surface area (Å²) in [6.07, 6.45) is 82.2. The summed E-state index contributed by atoms with van der Waals surface area (Å²) < 4.78 is 58.5. The van der Waals surface area contributed by atoms with Crippen molar-refractivity contribution in [2.45, 2.75) is 346 Å². The van der Waals surface area contributed by atoms with E-state index < -0.39 is 53.7 Å². The Labute approximate surface area is 832 Å². The molecule has 0 aliphatic carbocycles. The molecule has 0 aromatic heterocycles. The van der Waals surface area contributed by atoms with Gasteiger partial charge in [-0.2, -0.15) is 0 Å². The Kier molecular flexibility index (Phi) is 107. The fourth-order valence-electron chi connectivity index (χ4n) is 10.8. The summed E-state index contributed by atoms with van der Waals surface area (Å²) in [7, 11) is 0. The van der Waals surface area contributed by atoms with E-state index in [1.165, 1.54) is 128 Å². The summed E-state index contributed by atoms with van der Waals surface area (Å²) in [5.41, 5.74) is 2.89. The molecule has 138 heavy (non-hydrogen) atoms. The molecule has 0 saturated heterocycles. The van der Waals surface area contributed by atoms with Gasteiger partial charge in [0.05, 0.1) is 6.42 Å². The molecule has 0 aliphatic heterocycles. The highest BCUT2D eigenvalue weighted by atomic mass is 16.6. The van der Waals surface area contributed by atoms with E-state index in [0.29, 0.717) is 52.7 Å². The largest absolute Gasteiger partial charge is 0.462 e. The van der Waals surface area contributed by atoms with Crippen LogP contribution in [0.15, 0.2) is 207 Å². The minimum Gasteiger partial charge on any atom is -0.462 e. The van der Waals surface area contributed by atoms with E-state index in [4.69, 9.17) is 56.8 Å². The number of unbranched alkanes of at least 4 members (excludes halogenated alkanes) is 26. The Bertz CT molecular complexity index is 3740. The van der Waals surface area contributed by atoms with Crippen LogP contribution in [0.4, 0.5) is 0 Å². The molecule has 0 aromatic rings. The molecule has 0 aliphatic rings. The van der Waals surface area contributed by atoms with Gasteiger partial charge >= 0.3 is 71.6 Å². The highest BCUT2D eigenvalue weighted by Crippen LogP contribution is 2.15. The van der Waals surface area contributed by atoms with E-state index in [1.54, 1.807) is 78.8 Å². The van der Waals surface area contributed by atoms with Crippen molar-refractivity contribution in [2.75, 3.05) is 79.3 Å². The molecular weight excluding hydrogens is 1750 g/mol. The lowest BCUT2D eigenvalue weighted by molar-refractivity contribution is -0.150. The van der Waals surface area contributed by atoms with Crippen molar-refractivity contribution in [1.29, 1.82) is 0 Å². The van der Waals surface area contributed by atoms with Gasteiger partial charge in [-0.25, -0.2) is 38.4 Å². The molecule has 0 N–H and O–H groups in total. The van der Waals surface area contributed by atoms with Gasteiger partial charge in [0, 0.05) is 70.8 Å². The van der Waals surface area contributed by atoms with Crippen LogP contribution >= 0.6 is 0 Å². The van der Waals surface area contributed by atoms with Gasteiger partial charge in [-0.15, -0.1) is 12.5 Å². The number of carbonyl (C=O) groups excluding carboxylic acids is 12. The molecule has 0 amide bonds. The fraction of sp³-hybridized carbons (Fsp3) is 0.579. The number of rotatable bonds is 77. The number of esters is 12. The molecule has 1 atom stereocenters. The molecule has 0 heterocycles. The van der Waals surface area contributed by atoms with Gasteiger partial charge in [-0.1, -0.05) is 304 Å². The van der Waals surface area contributed by atoms with Crippen LogP contribution in [0.5, 0.6) is 0 Å². The van der Waals surface area contributed by atoms with Crippen LogP contribution in [0.3, 0.4) is 0 Å². The highest BCUT2D eigenvalue weighted by molar-refractivity contribution is 5.89. The van der Waals surface area contributed by atoms with E-state index in [9.17, 15) is 57.5 Å². The van der Waals surface area contributed by atoms with Crippen molar-refractivity contribution in [3.63, 3.8) is 0 Å². The first-order chi connectivity index (χ1) is 66.3. The molecule has 0 spiro atoms. The minimum absolute atomic E-state index is 0.0235. The first-order valence-electron chi connectivity index (χ1n) is 49.8. The van der Waals surface area contributed by atoms with Crippen LogP contribution in [0, 0.1) is 17.8 Å². The van der Waals surface area contributed by atoms with E-state index in [2.05, 4.69) is 165 Å². The van der Waals surface area contributed by atoms with Crippen LogP contribution in [0.1, 0.15) is 346 Å². The van der Waals surface area contributed by atoms with Crippen LogP contribution in [0.25, 0.3) is 0 Å². The fourth-order valence-corrected chi connectivity index (χ4v) is 10.8. The number of hydrogen-bond acceptors (Lipinski definition) is 24. The standard InChI is InChI=1S/C24H42O4.C24H40O4.C24H38O4.C16H24O4.C14H18O4.C12H16O4/c3*1-4-5-6-7-8-9-10-11-12-13-14-15-16-17-18-19-23(25)27-20-21-28-24(26)22(2)3;1-5-6-7-8-14(4)9-10-15(17)19-11-12-20-16(18)13(2)3;1-5-7-12(6-2)10-13(15)17-8-9-18-14(16)11(3)4;1-4-5-6-7-11(13)15-8-9-16-12(14)10(2)3/h11-12H,2,4-10,13-21H2,1,3H3;8-9,11-12H,2,4-7,10,13-21H2,1,3H3;5-6,8-9,11-12H,2,4,7,10,13-21H2,1,3H3;9-10H,2,4-8,11-12H2,1,3H3;6,12H,2-3,8-10H2,1,4H3;4-7H,2,8-9H2,1,3H3/b12-11+;9-8+,12-11+;6-5-,9-8+,12-11+;10-9+;;5-4+,7-6+. The lowest BCUT2D eigenvalue weighted by Gasteiger charge is -2.07. The van der Waals surface area contributed by atoms with Gasteiger partial charge in [-0.05, 0) is 177 Å². The summed E-state index contributed by atoms with van der Waals surface area (Å²) in [6.45, 7) is 50.7. The van der Waals surface area contributed by atoms with Gasteiger partial charge in [0.1, 0.15) is 79.3 Å². The summed E-state index contributed by atoms with van der Waals surface area (Å²) in [4.78, 5) is 135. The zero-order valence-corrected chi connectivity index (χ0v) is 87.0. The molecule has 0 fully saturated rings. The Balaban J connectivity index is -0.000000383. The molecule has 0 radical (unpaired) electrons. The van der Waals surface area contributed by atoms with E-state index >= 15 is 0 Å². The number of hydrogen-bond donors (Lipinski definition) is 0. The predicted molar refractivity (Wildman–Crippen MR) is 557 cm³/mol. The lowest BCUT2D eigenvalue weighted by atomic mass is 10.1. The maximum Gasteiger partial charge on any atom is 0.333 e. The Morgan fingerprint density at radius 2 is 0.522 bits per heavy atom. The Morgan fingerprint density at radius 3 is 0.826 bits per heavy atom. The van der Waals surface area contributed by atoms with Gasteiger partial charge in [-0.3, -0.25) is 19.2 Å². The SMILES string of the molecule is C=C(/C=C/C(=O)OCCOC(=O)C(=C)C)CCCCC.C=C(C)C(=O)OCCOC(=O)/C=C/C=C/C.C=C(C)C(=O)OCCOC(=O)CCCCCCC/C=C/C/C=C/C/C=C\CC.C=C(C)C(=O)OCCOC(=O)CCCCCCC/C=C/C/C=C/CCCCC.C=C(C)C(=O)OCCOC(=O)CCCCCCC/C=C/CCCCCCCC.C=CC(C#CC)CC(=O)OCCOC(=O)C(=C)C. The molecule has 0 saturated carbocycles. The van der Waals surface area contributed by atoms with Crippen molar-refractivity contribution in [3.8, 4) is 11.8 Å². The van der Waals surface area contributed by atoms with Crippen molar-refractivity contribution in [3.05, 3.63) is 207 Å². The summed E-state index contributed by atoms with van der Waals surface area (Å²) in [5, 5.41) is 0. The van der Waals surface area contributed by atoms with E-state index in [1.807, 2.05) is 6.92 Å². The minimum atomic E-state index is -0.494. The third-order valence-corrected chi connectivity index (χ3v) is 18.6. The van der Waals surface area contributed by atoms with Crippen LogP contribution in [-0.4, -0.2) is 151 Å². The first kappa shape index (κ1) is 137. The van der Waals surface area contributed by atoms with Crippen LogP contribution in [0.2, 0.25) is 0 Å². The maximum absolute atomic E-state index is 11.6. The normalized spacial score (nSPS) is 10.9. The smallest absolute Gasteiger partial charge is 0.333 e. The van der Waals surface area contributed by atoms with Gasteiger partial charge < -0.3 is 56.8 Å². The van der Waals surface area contributed by atoms with Crippen molar-refractivity contribution >= 4 is 71.6 Å². The molecule has 0 bridgehead atoms. The second-order valence-electron chi connectivity index (χ2n) is 32.4. The van der Waals surface area contributed by atoms with E-state index in [0.717, 1.165) is 128 Å². The molecule has 778 valence electrons. The number of ether oxygens (including phenoxy) is 12. The quantitative estimate of drug-likeness (QED) is 0.0104. The topological polar surface area (TPSA) is 316 Å². The predicted octanol–water partition coefficient (Wildman–Crippen LogP) is 26.4. The van der Waals surface area contributed by atoms with Gasteiger partial charge in [0.2, 0.25) is 0 Å². The van der Waals surface area contributed by atoms with Crippen LogP contribution < -0.4 is 0 Å². The molecule has 24 nitrogen and oxygen atoms in total. The molecule has 1 unspecified atom stereocenters. The third-order valence-electron chi connectivity index (χ3n) is 18.6. The zero-order valence-electron chi connectivity index (χ0n) is 87.0. The van der Waals surface area contributed by atoms with Crippen LogP contribution in [-0.2, 0) is 114 Å². The average molecular weight is 1930 g/mol. The van der Waals surface area contributed by atoms with E-state index in [-0.39, 0.29) is 110 Å². The van der Waals surface area contributed by atoms with Gasteiger partial charge in [0.25, 0.3) is 0 Å². The number of carbonyl (C=O) groups is 12. The second kappa shape index (κ2) is 108. The van der Waals surface area contributed by atoms with Crippen molar-refractivity contribution in [2.24, 2.45) is 5.92 Å². The van der Waals surface area contributed by atoms with Gasteiger partial charge in [0.15, 0.2) is 0 Å². The molecule has 0 aromatic carbocycles. The average Bonchev–Trinajstić information content (AvgIpc) is 0.971. The monoisotopic (exact) mass is 1930 g/mol.